The molecule has 1 saturated heterocycles. The molecular formula is C17H25N3O2. The molecular weight excluding hydrogens is 278 g/mol. The molecule has 0 amide bonds. The molecule has 1 aromatic rings. The first-order valence-corrected chi connectivity index (χ1v) is 8.10. The monoisotopic (exact) mass is 303 g/mol. The minimum Gasteiger partial charge on any atom is -0.494 e. The van der Waals surface area contributed by atoms with Crippen LogP contribution in [0.4, 0.5) is 0 Å². The Labute approximate surface area is 132 Å². The van der Waals surface area contributed by atoms with E-state index in [1.54, 1.807) is 0 Å². The predicted octanol–water partition coefficient (Wildman–Crippen LogP) is 1.98. The number of nitrogens with zero attached hydrogens (tertiary/aromatic N) is 2. The van der Waals surface area contributed by atoms with Crippen molar-refractivity contribution in [3.63, 3.8) is 0 Å². The van der Waals surface area contributed by atoms with Crippen LogP contribution in [0.25, 0.3) is 0 Å². The fourth-order valence-corrected chi connectivity index (χ4v) is 2.94. The maximum Gasteiger partial charge on any atom is 0.191 e. The third-order valence-electron chi connectivity index (χ3n) is 4.24. The average molecular weight is 303 g/mol. The van der Waals surface area contributed by atoms with Gasteiger partial charge in [0.25, 0.3) is 0 Å². The number of nitrogens with two attached hydrogens (primary N) is 1. The van der Waals surface area contributed by atoms with E-state index in [4.69, 9.17) is 20.2 Å². The second kappa shape index (κ2) is 6.57. The Kier molecular flexibility index (Phi) is 4.52. The molecule has 22 heavy (non-hydrogen) atoms. The van der Waals surface area contributed by atoms with E-state index in [1.165, 1.54) is 5.56 Å². The molecule has 2 N–H and O–H groups in total. The molecule has 1 saturated carbocycles. The number of morpholine rings is 1. The van der Waals surface area contributed by atoms with Crippen molar-refractivity contribution >= 4 is 5.96 Å². The van der Waals surface area contributed by atoms with Gasteiger partial charge in [0.2, 0.25) is 0 Å². The van der Waals surface area contributed by atoms with Gasteiger partial charge in [-0.2, -0.15) is 0 Å². The smallest absolute Gasteiger partial charge is 0.191 e. The second-order valence-corrected chi connectivity index (χ2v) is 6.03. The lowest BCUT2D eigenvalue weighted by Crippen LogP contribution is -2.48. The van der Waals surface area contributed by atoms with Crippen molar-refractivity contribution in [1.82, 2.24) is 4.90 Å². The molecule has 1 heterocycles. The zero-order valence-corrected chi connectivity index (χ0v) is 13.4. The molecule has 1 aromatic carbocycles. The lowest BCUT2D eigenvalue weighted by Gasteiger charge is -2.31. The summed E-state index contributed by atoms with van der Waals surface area (Å²) >= 11 is 0. The van der Waals surface area contributed by atoms with Crippen LogP contribution >= 0.6 is 0 Å². The molecule has 3 atom stereocenters. The van der Waals surface area contributed by atoms with E-state index in [1.807, 2.05) is 19.1 Å². The molecule has 3 rings (SSSR count). The average Bonchev–Trinajstić information content (AvgIpc) is 3.27. The van der Waals surface area contributed by atoms with Crippen molar-refractivity contribution in [1.29, 1.82) is 0 Å². The fourth-order valence-electron chi connectivity index (χ4n) is 2.94. The lowest BCUT2D eigenvalue weighted by atomic mass is 10.1. The molecule has 2 aliphatic rings. The first-order valence-electron chi connectivity index (χ1n) is 8.10. The molecule has 1 aliphatic carbocycles. The first-order chi connectivity index (χ1) is 10.7. The summed E-state index contributed by atoms with van der Waals surface area (Å²) in [4.78, 5) is 6.82. The van der Waals surface area contributed by atoms with Gasteiger partial charge in [-0.3, -0.25) is 0 Å². The maximum atomic E-state index is 6.16. The summed E-state index contributed by atoms with van der Waals surface area (Å²) in [5, 5.41) is 0. The number of hydrogen-bond acceptors (Lipinski definition) is 3. The van der Waals surface area contributed by atoms with Gasteiger partial charge in [-0.1, -0.05) is 12.1 Å². The molecule has 0 radical (unpaired) electrons. The van der Waals surface area contributed by atoms with E-state index < -0.39 is 0 Å². The molecule has 1 unspecified atom stereocenters. The summed E-state index contributed by atoms with van der Waals surface area (Å²) in [5.74, 6) is 2.08. The zero-order chi connectivity index (χ0) is 15.5. The van der Waals surface area contributed by atoms with E-state index in [-0.39, 0.29) is 6.10 Å². The SMILES string of the molecule is CCOc1ccc([C@@H]2C[C@H]2N=C(N)N2CCOC(C)C2)cc1. The standard InChI is InChI=1S/C17H25N3O2/c1-3-21-14-6-4-13(5-7-14)15-10-16(15)19-17(18)20-8-9-22-12(2)11-20/h4-7,12,15-16H,3,8-11H2,1-2H3,(H2,18,19)/t12?,15-,16+/m0/s1. The minimum absolute atomic E-state index is 0.226. The third-order valence-corrected chi connectivity index (χ3v) is 4.24. The van der Waals surface area contributed by atoms with Crippen LogP contribution in [-0.4, -0.2) is 49.3 Å². The van der Waals surface area contributed by atoms with Crippen molar-refractivity contribution in [2.24, 2.45) is 10.7 Å². The fraction of sp³-hybridized carbons (Fsp3) is 0.588. The van der Waals surface area contributed by atoms with Gasteiger partial charge in [-0.25, -0.2) is 4.99 Å². The maximum absolute atomic E-state index is 6.16. The predicted molar refractivity (Wildman–Crippen MR) is 87.4 cm³/mol. The highest BCUT2D eigenvalue weighted by molar-refractivity contribution is 5.78. The Morgan fingerprint density at radius 3 is 2.86 bits per heavy atom. The van der Waals surface area contributed by atoms with Crippen LogP contribution in [0.1, 0.15) is 31.7 Å². The lowest BCUT2D eigenvalue weighted by molar-refractivity contribution is 0.00528. The summed E-state index contributed by atoms with van der Waals surface area (Å²) in [6, 6.07) is 8.66. The van der Waals surface area contributed by atoms with Crippen molar-refractivity contribution in [2.45, 2.75) is 38.3 Å². The molecule has 120 valence electrons. The minimum atomic E-state index is 0.226. The molecule has 1 aliphatic heterocycles. The highest BCUT2D eigenvalue weighted by Crippen LogP contribution is 2.43. The van der Waals surface area contributed by atoms with Gasteiger partial charge in [-0.05, 0) is 38.0 Å². The highest BCUT2D eigenvalue weighted by atomic mass is 16.5. The van der Waals surface area contributed by atoms with Gasteiger partial charge in [-0.15, -0.1) is 0 Å². The molecule has 5 heteroatoms. The van der Waals surface area contributed by atoms with Gasteiger partial charge in [0, 0.05) is 19.0 Å². The highest BCUT2D eigenvalue weighted by Gasteiger charge is 2.39. The van der Waals surface area contributed by atoms with Gasteiger partial charge < -0.3 is 20.1 Å². The van der Waals surface area contributed by atoms with Crippen molar-refractivity contribution in [3.8, 4) is 5.75 Å². The number of rotatable bonds is 4. The molecule has 0 spiro atoms. The second-order valence-electron chi connectivity index (χ2n) is 6.03. The van der Waals surface area contributed by atoms with E-state index in [0.717, 1.165) is 31.9 Å². The quantitative estimate of drug-likeness (QED) is 0.682. The molecule has 5 nitrogen and oxygen atoms in total. The van der Waals surface area contributed by atoms with Crippen LogP contribution in [0.3, 0.4) is 0 Å². The summed E-state index contributed by atoms with van der Waals surface area (Å²) in [5.41, 5.74) is 7.48. The van der Waals surface area contributed by atoms with Crippen LogP contribution in [0.5, 0.6) is 5.75 Å². The van der Waals surface area contributed by atoms with Crippen LogP contribution in [-0.2, 0) is 4.74 Å². The van der Waals surface area contributed by atoms with Gasteiger partial charge in [0.15, 0.2) is 5.96 Å². The van der Waals surface area contributed by atoms with E-state index in [2.05, 4.69) is 24.0 Å². The van der Waals surface area contributed by atoms with Gasteiger partial charge >= 0.3 is 0 Å². The van der Waals surface area contributed by atoms with Crippen molar-refractivity contribution in [2.75, 3.05) is 26.3 Å². The van der Waals surface area contributed by atoms with E-state index >= 15 is 0 Å². The Bertz CT molecular complexity index is 529. The summed E-state index contributed by atoms with van der Waals surface area (Å²) in [6.45, 7) is 7.15. The number of benzene rings is 1. The Hall–Kier alpha value is -1.75. The normalized spacial score (nSPS) is 28.5. The topological polar surface area (TPSA) is 60.1 Å². The van der Waals surface area contributed by atoms with Crippen LogP contribution < -0.4 is 10.5 Å². The van der Waals surface area contributed by atoms with Gasteiger partial charge in [0.1, 0.15) is 5.75 Å². The molecule has 2 fully saturated rings. The van der Waals surface area contributed by atoms with E-state index in [9.17, 15) is 0 Å². The van der Waals surface area contributed by atoms with Crippen LogP contribution in [0.2, 0.25) is 0 Å². The van der Waals surface area contributed by atoms with Crippen LogP contribution in [0, 0.1) is 0 Å². The zero-order valence-electron chi connectivity index (χ0n) is 13.4. The van der Waals surface area contributed by atoms with Crippen molar-refractivity contribution in [3.05, 3.63) is 29.8 Å². The summed E-state index contributed by atoms with van der Waals surface area (Å²) < 4.78 is 11.0. The van der Waals surface area contributed by atoms with Crippen molar-refractivity contribution < 1.29 is 9.47 Å². The Morgan fingerprint density at radius 2 is 2.18 bits per heavy atom. The summed E-state index contributed by atoms with van der Waals surface area (Å²) in [6.07, 6.45) is 1.30. The van der Waals surface area contributed by atoms with Gasteiger partial charge in [0.05, 0.1) is 25.4 Å². The number of aliphatic imine (C=N–C) groups is 1. The Balaban J connectivity index is 1.58. The Morgan fingerprint density at radius 1 is 1.41 bits per heavy atom. The molecule has 0 aromatic heterocycles. The van der Waals surface area contributed by atoms with E-state index in [0.29, 0.717) is 24.5 Å². The third kappa shape index (κ3) is 3.53. The number of guanidine groups is 1. The number of hydrogen-bond donors (Lipinski definition) is 1. The first kappa shape index (κ1) is 15.2. The summed E-state index contributed by atoms with van der Waals surface area (Å²) in [7, 11) is 0. The largest absolute Gasteiger partial charge is 0.494 e. The number of ether oxygens (including phenoxy) is 2. The molecule has 0 bridgehead atoms. The van der Waals surface area contributed by atoms with Crippen LogP contribution in [0.15, 0.2) is 29.3 Å².